The van der Waals surface area contributed by atoms with Crippen LogP contribution >= 0.6 is 28.1 Å². The number of benzene rings is 2. The van der Waals surface area contributed by atoms with Crippen LogP contribution in [0.15, 0.2) is 46.9 Å². The highest BCUT2D eigenvalue weighted by Crippen LogP contribution is 2.20. The van der Waals surface area contributed by atoms with Crippen LogP contribution in [0.1, 0.15) is 11.1 Å². The van der Waals surface area contributed by atoms with Crippen molar-refractivity contribution in [2.45, 2.75) is 6.92 Å². The molecule has 2 rings (SSSR count). The van der Waals surface area contributed by atoms with Gasteiger partial charge in [0.1, 0.15) is 29.7 Å². The SMILES string of the molecule is Cc1ccc(C(N)=S)cc1OCCOc1ccc(Br)cc1. The molecule has 2 aromatic carbocycles. The minimum atomic E-state index is 0.367. The summed E-state index contributed by atoms with van der Waals surface area (Å²) in [5, 5.41) is 0. The van der Waals surface area contributed by atoms with E-state index >= 15 is 0 Å². The van der Waals surface area contributed by atoms with E-state index in [1.54, 1.807) is 0 Å². The van der Waals surface area contributed by atoms with Crippen molar-refractivity contribution in [2.75, 3.05) is 13.2 Å². The summed E-state index contributed by atoms with van der Waals surface area (Å²) in [6.45, 7) is 2.91. The van der Waals surface area contributed by atoms with Gasteiger partial charge in [0.25, 0.3) is 0 Å². The average Bonchev–Trinajstić information content (AvgIpc) is 2.47. The molecule has 0 bridgehead atoms. The predicted octanol–water partition coefficient (Wildman–Crippen LogP) is 3.85. The highest BCUT2D eigenvalue weighted by Gasteiger charge is 2.04. The van der Waals surface area contributed by atoms with Crippen molar-refractivity contribution < 1.29 is 9.47 Å². The molecule has 2 N–H and O–H groups in total. The Labute approximate surface area is 138 Å². The van der Waals surface area contributed by atoms with Crippen LogP contribution in [0.4, 0.5) is 0 Å². The summed E-state index contributed by atoms with van der Waals surface area (Å²) in [4.78, 5) is 0.367. The quantitative estimate of drug-likeness (QED) is 0.623. The lowest BCUT2D eigenvalue weighted by molar-refractivity contribution is 0.216. The molecular formula is C16H16BrNO2S. The van der Waals surface area contributed by atoms with Crippen molar-refractivity contribution in [3.63, 3.8) is 0 Å². The van der Waals surface area contributed by atoms with Crippen LogP contribution < -0.4 is 15.2 Å². The molecule has 0 saturated carbocycles. The first kappa shape index (κ1) is 15.8. The molecule has 0 radical (unpaired) electrons. The largest absolute Gasteiger partial charge is 0.490 e. The molecule has 0 unspecified atom stereocenters. The number of thiocarbonyl (C=S) groups is 1. The van der Waals surface area contributed by atoms with Gasteiger partial charge in [-0.3, -0.25) is 0 Å². The van der Waals surface area contributed by atoms with Gasteiger partial charge in [0.05, 0.1) is 0 Å². The topological polar surface area (TPSA) is 44.5 Å². The van der Waals surface area contributed by atoms with Gasteiger partial charge in [0.2, 0.25) is 0 Å². The lowest BCUT2D eigenvalue weighted by Crippen LogP contribution is -2.12. The first-order valence-electron chi connectivity index (χ1n) is 6.48. The zero-order chi connectivity index (χ0) is 15.2. The number of halogens is 1. The fourth-order valence-electron chi connectivity index (χ4n) is 1.75. The summed E-state index contributed by atoms with van der Waals surface area (Å²) in [6.07, 6.45) is 0. The van der Waals surface area contributed by atoms with Crippen LogP contribution in [0, 0.1) is 6.92 Å². The summed E-state index contributed by atoms with van der Waals surface area (Å²) in [6, 6.07) is 13.4. The van der Waals surface area contributed by atoms with Crippen molar-refractivity contribution in [3.05, 3.63) is 58.1 Å². The second kappa shape index (κ2) is 7.43. The van der Waals surface area contributed by atoms with Gasteiger partial charge in [-0.25, -0.2) is 0 Å². The van der Waals surface area contributed by atoms with Crippen molar-refractivity contribution in [1.82, 2.24) is 0 Å². The Hall–Kier alpha value is -1.59. The summed E-state index contributed by atoms with van der Waals surface area (Å²) in [5.74, 6) is 1.59. The summed E-state index contributed by atoms with van der Waals surface area (Å²) in [5.41, 5.74) is 7.47. The number of aryl methyl sites for hydroxylation is 1. The molecule has 0 aliphatic rings. The van der Waals surface area contributed by atoms with E-state index in [2.05, 4.69) is 15.9 Å². The Kier molecular flexibility index (Phi) is 5.59. The Morgan fingerprint density at radius 1 is 1.10 bits per heavy atom. The first-order valence-corrected chi connectivity index (χ1v) is 7.68. The van der Waals surface area contributed by atoms with Crippen molar-refractivity contribution >= 4 is 33.1 Å². The zero-order valence-electron chi connectivity index (χ0n) is 11.6. The fraction of sp³-hybridized carbons (Fsp3) is 0.188. The molecule has 0 aliphatic carbocycles. The molecule has 0 saturated heterocycles. The summed E-state index contributed by atoms with van der Waals surface area (Å²) < 4.78 is 12.4. The Morgan fingerprint density at radius 3 is 2.43 bits per heavy atom. The Bertz CT molecular complexity index is 629. The lowest BCUT2D eigenvalue weighted by Gasteiger charge is -2.11. The number of hydrogen-bond acceptors (Lipinski definition) is 3. The predicted molar refractivity (Wildman–Crippen MR) is 92.2 cm³/mol. The van der Waals surface area contributed by atoms with Crippen LogP contribution in [0.25, 0.3) is 0 Å². The molecule has 3 nitrogen and oxygen atoms in total. The Balaban J connectivity index is 1.87. The third-order valence-corrected chi connectivity index (χ3v) is 3.66. The van der Waals surface area contributed by atoms with Crippen LogP contribution in [0.2, 0.25) is 0 Å². The van der Waals surface area contributed by atoms with Crippen molar-refractivity contribution in [2.24, 2.45) is 5.73 Å². The number of ether oxygens (including phenoxy) is 2. The Morgan fingerprint density at radius 2 is 1.76 bits per heavy atom. The maximum atomic E-state index is 5.72. The van der Waals surface area contributed by atoms with E-state index in [1.165, 1.54) is 0 Å². The van der Waals surface area contributed by atoms with Gasteiger partial charge >= 0.3 is 0 Å². The molecular weight excluding hydrogens is 350 g/mol. The maximum absolute atomic E-state index is 5.72. The van der Waals surface area contributed by atoms with Gasteiger partial charge in [0, 0.05) is 10.0 Å². The van der Waals surface area contributed by atoms with Gasteiger partial charge < -0.3 is 15.2 Å². The minimum absolute atomic E-state index is 0.367. The van der Waals surface area contributed by atoms with E-state index in [0.717, 1.165) is 27.1 Å². The molecule has 21 heavy (non-hydrogen) atoms. The molecule has 110 valence electrons. The third-order valence-electron chi connectivity index (χ3n) is 2.90. The monoisotopic (exact) mass is 365 g/mol. The van der Waals surface area contributed by atoms with E-state index in [9.17, 15) is 0 Å². The van der Waals surface area contributed by atoms with Crippen LogP contribution in [0.5, 0.6) is 11.5 Å². The van der Waals surface area contributed by atoms with Gasteiger partial charge in [-0.15, -0.1) is 0 Å². The zero-order valence-corrected chi connectivity index (χ0v) is 14.0. The molecule has 0 amide bonds. The first-order chi connectivity index (χ1) is 10.1. The van der Waals surface area contributed by atoms with E-state index < -0.39 is 0 Å². The average molecular weight is 366 g/mol. The van der Waals surface area contributed by atoms with E-state index in [1.807, 2.05) is 49.4 Å². The highest BCUT2D eigenvalue weighted by atomic mass is 79.9. The van der Waals surface area contributed by atoms with Crippen LogP contribution in [-0.2, 0) is 0 Å². The lowest BCUT2D eigenvalue weighted by atomic mass is 10.1. The molecule has 0 aliphatic heterocycles. The highest BCUT2D eigenvalue weighted by molar-refractivity contribution is 9.10. The van der Waals surface area contributed by atoms with E-state index in [4.69, 9.17) is 27.4 Å². The smallest absolute Gasteiger partial charge is 0.123 e. The summed E-state index contributed by atoms with van der Waals surface area (Å²) >= 11 is 8.35. The normalized spacial score (nSPS) is 10.2. The number of nitrogens with two attached hydrogens (primary N) is 1. The minimum Gasteiger partial charge on any atom is -0.490 e. The van der Waals surface area contributed by atoms with Crippen LogP contribution in [0.3, 0.4) is 0 Å². The standard InChI is InChI=1S/C16H16BrNO2S/c1-11-2-3-12(16(18)21)10-15(11)20-9-8-19-14-6-4-13(17)5-7-14/h2-7,10H,8-9H2,1H3,(H2,18,21). The summed E-state index contributed by atoms with van der Waals surface area (Å²) in [7, 11) is 0. The van der Waals surface area contributed by atoms with Gasteiger partial charge in [-0.2, -0.15) is 0 Å². The number of rotatable bonds is 6. The molecule has 2 aromatic rings. The molecule has 0 spiro atoms. The van der Waals surface area contributed by atoms with Crippen LogP contribution in [-0.4, -0.2) is 18.2 Å². The van der Waals surface area contributed by atoms with E-state index in [0.29, 0.717) is 18.2 Å². The van der Waals surface area contributed by atoms with Gasteiger partial charge in [-0.1, -0.05) is 40.3 Å². The maximum Gasteiger partial charge on any atom is 0.123 e. The molecule has 5 heteroatoms. The second-order valence-corrected chi connectivity index (χ2v) is 5.85. The molecule has 0 heterocycles. The van der Waals surface area contributed by atoms with Gasteiger partial charge in [-0.05, 0) is 42.8 Å². The van der Waals surface area contributed by atoms with Crippen molar-refractivity contribution in [3.8, 4) is 11.5 Å². The second-order valence-electron chi connectivity index (χ2n) is 4.50. The third kappa shape index (κ3) is 4.72. The molecule has 0 aromatic heterocycles. The van der Waals surface area contributed by atoms with Gasteiger partial charge in [0.15, 0.2) is 0 Å². The molecule has 0 atom stereocenters. The fourth-order valence-corrected chi connectivity index (χ4v) is 2.14. The number of hydrogen-bond donors (Lipinski definition) is 1. The van der Waals surface area contributed by atoms with Crippen molar-refractivity contribution in [1.29, 1.82) is 0 Å². The molecule has 0 fully saturated rings. The van der Waals surface area contributed by atoms with E-state index in [-0.39, 0.29) is 0 Å².